The smallest absolute Gasteiger partial charge is 0.246 e. The van der Waals surface area contributed by atoms with Crippen LogP contribution in [-0.4, -0.2) is 37.6 Å². The molecular formula is C17H17N5O. The predicted octanol–water partition coefficient (Wildman–Crippen LogP) is 2.04. The first-order chi connectivity index (χ1) is 11.1. The molecule has 0 saturated heterocycles. The molecule has 2 heterocycles. The molecular weight excluding hydrogens is 290 g/mol. The van der Waals surface area contributed by atoms with Crippen LogP contribution in [0.25, 0.3) is 17.1 Å². The Bertz CT molecular complexity index is 868. The van der Waals surface area contributed by atoms with Crippen molar-refractivity contribution in [2.45, 2.75) is 6.54 Å². The second-order valence-electron chi connectivity index (χ2n) is 5.33. The third kappa shape index (κ3) is 3.60. The lowest BCUT2D eigenvalue weighted by atomic mass is 10.3. The van der Waals surface area contributed by atoms with Crippen molar-refractivity contribution in [2.75, 3.05) is 7.05 Å². The van der Waals surface area contributed by atoms with E-state index < -0.39 is 0 Å². The average molecular weight is 307 g/mol. The van der Waals surface area contributed by atoms with Gasteiger partial charge in [-0.25, -0.2) is 4.98 Å². The van der Waals surface area contributed by atoms with E-state index in [0.717, 1.165) is 16.6 Å². The lowest BCUT2D eigenvalue weighted by Crippen LogP contribution is -2.23. The summed E-state index contributed by atoms with van der Waals surface area (Å²) in [7, 11) is 3.61. The Kier molecular flexibility index (Phi) is 4.14. The first kappa shape index (κ1) is 14.9. The minimum atomic E-state index is -0.0937. The van der Waals surface area contributed by atoms with E-state index in [1.165, 1.54) is 6.08 Å². The molecule has 1 aromatic carbocycles. The SMILES string of the molecule is CN(Cc1cnn(C)c1)C(=O)/C=C/c1cnc2ccccc2n1. The van der Waals surface area contributed by atoms with Crippen molar-refractivity contribution in [3.05, 3.63) is 60.2 Å². The third-order valence-corrected chi connectivity index (χ3v) is 3.42. The fourth-order valence-electron chi connectivity index (χ4n) is 2.24. The molecule has 0 saturated carbocycles. The van der Waals surface area contributed by atoms with Crippen molar-refractivity contribution in [1.82, 2.24) is 24.6 Å². The molecule has 0 atom stereocenters. The molecule has 3 aromatic rings. The Morgan fingerprint density at radius 3 is 2.78 bits per heavy atom. The number of para-hydroxylation sites is 2. The zero-order chi connectivity index (χ0) is 16.2. The van der Waals surface area contributed by atoms with E-state index in [-0.39, 0.29) is 5.91 Å². The minimum Gasteiger partial charge on any atom is -0.338 e. The molecule has 116 valence electrons. The number of hydrogen-bond donors (Lipinski definition) is 0. The number of carbonyl (C=O) groups is 1. The molecule has 0 aliphatic heterocycles. The molecule has 0 fully saturated rings. The molecule has 2 aromatic heterocycles. The number of aromatic nitrogens is 4. The van der Waals surface area contributed by atoms with Crippen LogP contribution in [0.1, 0.15) is 11.3 Å². The number of nitrogens with zero attached hydrogens (tertiary/aromatic N) is 5. The molecule has 6 nitrogen and oxygen atoms in total. The topological polar surface area (TPSA) is 63.9 Å². The zero-order valence-corrected chi connectivity index (χ0v) is 13.0. The Hall–Kier alpha value is -3.02. The molecule has 0 N–H and O–H groups in total. The molecule has 0 spiro atoms. The number of fused-ring (bicyclic) bond motifs is 1. The van der Waals surface area contributed by atoms with Gasteiger partial charge in [-0.2, -0.15) is 5.10 Å². The van der Waals surface area contributed by atoms with Gasteiger partial charge in [0.1, 0.15) is 0 Å². The Morgan fingerprint density at radius 2 is 2.04 bits per heavy atom. The Morgan fingerprint density at radius 1 is 1.26 bits per heavy atom. The Balaban J connectivity index is 1.68. The van der Waals surface area contributed by atoms with Crippen LogP contribution < -0.4 is 0 Å². The summed E-state index contributed by atoms with van der Waals surface area (Å²) in [5.74, 6) is -0.0937. The average Bonchev–Trinajstić information content (AvgIpc) is 2.97. The normalized spacial score (nSPS) is 11.2. The highest BCUT2D eigenvalue weighted by molar-refractivity contribution is 5.91. The number of rotatable bonds is 4. The summed E-state index contributed by atoms with van der Waals surface area (Å²) in [4.78, 5) is 22.6. The van der Waals surface area contributed by atoms with E-state index >= 15 is 0 Å². The maximum atomic E-state index is 12.2. The van der Waals surface area contributed by atoms with E-state index in [4.69, 9.17) is 0 Å². The highest BCUT2D eigenvalue weighted by Crippen LogP contribution is 2.09. The number of benzene rings is 1. The standard InChI is InChI=1S/C17H17N5O/c1-21(11-13-9-19-22(2)12-13)17(23)8-7-14-10-18-15-5-3-4-6-16(15)20-14/h3-10,12H,11H2,1-2H3/b8-7+. The van der Waals surface area contributed by atoms with Crippen LogP contribution in [0.3, 0.4) is 0 Å². The zero-order valence-electron chi connectivity index (χ0n) is 13.0. The van der Waals surface area contributed by atoms with Crippen molar-refractivity contribution in [2.24, 2.45) is 7.05 Å². The van der Waals surface area contributed by atoms with Gasteiger partial charge in [-0.15, -0.1) is 0 Å². The molecule has 0 radical (unpaired) electrons. The van der Waals surface area contributed by atoms with Gasteiger partial charge < -0.3 is 4.90 Å². The van der Waals surface area contributed by atoms with E-state index in [1.54, 1.807) is 35.1 Å². The first-order valence-corrected chi connectivity index (χ1v) is 7.24. The van der Waals surface area contributed by atoms with Crippen molar-refractivity contribution in [3.8, 4) is 0 Å². The van der Waals surface area contributed by atoms with Crippen LogP contribution in [0.4, 0.5) is 0 Å². The molecule has 0 unspecified atom stereocenters. The van der Waals surface area contributed by atoms with Gasteiger partial charge in [-0.3, -0.25) is 14.5 Å². The summed E-state index contributed by atoms with van der Waals surface area (Å²) < 4.78 is 1.72. The third-order valence-electron chi connectivity index (χ3n) is 3.42. The summed E-state index contributed by atoms with van der Waals surface area (Å²) in [5.41, 5.74) is 3.30. The van der Waals surface area contributed by atoms with Crippen molar-refractivity contribution >= 4 is 23.0 Å². The van der Waals surface area contributed by atoms with E-state index in [1.807, 2.05) is 37.5 Å². The van der Waals surface area contributed by atoms with Gasteiger partial charge in [0.15, 0.2) is 0 Å². The number of amides is 1. The number of hydrogen-bond acceptors (Lipinski definition) is 4. The van der Waals surface area contributed by atoms with Crippen molar-refractivity contribution < 1.29 is 4.79 Å². The molecule has 0 bridgehead atoms. The lowest BCUT2D eigenvalue weighted by Gasteiger charge is -2.13. The second-order valence-corrected chi connectivity index (χ2v) is 5.33. The molecule has 6 heteroatoms. The van der Waals surface area contributed by atoms with Gasteiger partial charge in [-0.1, -0.05) is 12.1 Å². The number of carbonyl (C=O) groups excluding carboxylic acids is 1. The highest BCUT2D eigenvalue weighted by atomic mass is 16.2. The Labute approximate surface area is 134 Å². The quantitative estimate of drug-likeness (QED) is 0.692. The van der Waals surface area contributed by atoms with Crippen LogP contribution in [0.15, 0.2) is 48.9 Å². The predicted molar refractivity (Wildman–Crippen MR) is 88.3 cm³/mol. The molecule has 0 aliphatic rings. The maximum absolute atomic E-state index is 12.2. The summed E-state index contributed by atoms with van der Waals surface area (Å²) >= 11 is 0. The van der Waals surface area contributed by atoms with Crippen LogP contribution >= 0.6 is 0 Å². The molecule has 1 amide bonds. The lowest BCUT2D eigenvalue weighted by molar-refractivity contribution is -0.125. The second kappa shape index (κ2) is 6.39. The molecule has 23 heavy (non-hydrogen) atoms. The maximum Gasteiger partial charge on any atom is 0.246 e. The van der Waals surface area contributed by atoms with E-state index in [0.29, 0.717) is 12.2 Å². The van der Waals surface area contributed by atoms with Gasteiger partial charge in [0.25, 0.3) is 0 Å². The van der Waals surface area contributed by atoms with Crippen LogP contribution in [0, 0.1) is 0 Å². The van der Waals surface area contributed by atoms with Gasteiger partial charge >= 0.3 is 0 Å². The summed E-state index contributed by atoms with van der Waals surface area (Å²) in [6.45, 7) is 0.514. The largest absolute Gasteiger partial charge is 0.338 e. The van der Waals surface area contributed by atoms with Crippen LogP contribution in [-0.2, 0) is 18.4 Å². The van der Waals surface area contributed by atoms with E-state index in [9.17, 15) is 4.79 Å². The molecule has 3 rings (SSSR count). The van der Waals surface area contributed by atoms with Crippen molar-refractivity contribution in [1.29, 1.82) is 0 Å². The van der Waals surface area contributed by atoms with Gasteiger partial charge in [-0.05, 0) is 18.2 Å². The number of aryl methyl sites for hydroxylation is 1. The van der Waals surface area contributed by atoms with Crippen LogP contribution in [0.2, 0.25) is 0 Å². The number of likely N-dealkylation sites (N-methyl/N-ethyl adjacent to an activating group) is 1. The fraction of sp³-hybridized carbons (Fsp3) is 0.176. The van der Waals surface area contributed by atoms with Crippen molar-refractivity contribution in [3.63, 3.8) is 0 Å². The van der Waals surface area contributed by atoms with Gasteiger partial charge in [0, 0.05) is 38.5 Å². The summed E-state index contributed by atoms with van der Waals surface area (Å²) in [5, 5.41) is 4.09. The monoisotopic (exact) mass is 307 g/mol. The van der Waals surface area contributed by atoms with E-state index in [2.05, 4.69) is 15.1 Å². The minimum absolute atomic E-state index is 0.0937. The summed E-state index contributed by atoms with van der Waals surface area (Å²) in [6.07, 6.45) is 8.49. The summed E-state index contributed by atoms with van der Waals surface area (Å²) in [6, 6.07) is 7.64. The van der Waals surface area contributed by atoms with Gasteiger partial charge in [0.2, 0.25) is 5.91 Å². The fourth-order valence-corrected chi connectivity index (χ4v) is 2.24. The molecule has 0 aliphatic carbocycles. The highest BCUT2D eigenvalue weighted by Gasteiger charge is 2.07. The first-order valence-electron chi connectivity index (χ1n) is 7.24. The van der Waals surface area contributed by atoms with Crippen LogP contribution in [0.5, 0.6) is 0 Å². The van der Waals surface area contributed by atoms with Gasteiger partial charge in [0.05, 0.1) is 29.1 Å².